The van der Waals surface area contributed by atoms with Gasteiger partial charge >= 0.3 is 0 Å². The van der Waals surface area contributed by atoms with Crippen molar-refractivity contribution in [3.05, 3.63) is 48.0 Å². The first kappa shape index (κ1) is 25.2. The maximum absolute atomic E-state index is 13.1. The molecule has 0 bridgehead atoms. The van der Waals surface area contributed by atoms with E-state index < -0.39 is 26.0 Å². The summed E-state index contributed by atoms with van der Waals surface area (Å²) in [7, 11) is -4.45. The maximum Gasteiger partial charge on any atom is 0.255 e. The van der Waals surface area contributed by atoms with Gasteiger partial charge in [-0.2, -0.15) is 4.31 Å². The van der Waals surface area contributed by atoms with Crippen molar-refractivity contribution in [3.8, 4) is 5.75 Å². The molecule has 11 heteroatoms. The highest BCUT2D eigenvalue weighted by Crippen LogP contribution is 2.30. The number of carbonyl (C=O) groups is 1. The summed E-state index contributed by atoms with van der Waals surface area (Å²) in [6.07, 6.45) is 2.64. The number of hydrogen-bond donors (Lipinski definition) is 1. The van der Waals surface area contributed by atoms with Crippen LogP contribution in [0.3, 0.4) is 0 Å². The first-order valence-corrected chi connectivity index (χ1v) is 13.6. The number of anilines is 1. The number of sulfonamides is 2. The van der Waals surface area contributed by atoms with Crippen LogP contribution in [0.5, 0.6) is 5.75 Å². The molecule has 0 aromatic heterocycles. The number of piperidine rings is 1. The van der Waals surface area contributed by atoms with E-state index in [0.717, 1.165) is 23.6 Å². The van der Waals surface area contributed by atoms with Crippen LogP contribution in [0.15, 0.2) is 52.3 Å². The second-order valence-corrected chi connectivity index (χ2v) is 11.9. The number of carbonyl (C=O) groups excluding carboxylic acids is 1. The SMILES string of the molecule is CCOc1ccc(S(=O)(=O)N2CCCCC2)cc1NC(=O)c1ccc(S(=O)(=O)N(C)C)cc1. The monoisotopic (exact) mass is 495 g/mol. The molecule has 0 saturated carbocycles. The van der Waals surface area contributed by atoms with Crippen LogP contribution in [0.25, 0.3) is 0 Å². The standard InChI is InChI=1S/C22H29N3O6S2/c1-4-31-21-13-12-19(33(29,30)25-14-6-5-7-15-25)16-20(21)23-22(26)17-8-10-18(11-9-17)32(27,28)24(2)3/h8-13,16H,4-7,14-15H2,1-3H3,(H,23,26). The maximum atomic E-state index is 13.1. The van der Waals surface area contributed by atoms with E-state index in [1.807, 2.05) is 0 Å². The van der Waals surface area contributed by atoms with E-state index in [-0.39, 0.29) is 21.0 Å². The summed E-state index contributed by atoms with van der Waals surface area (Å²) in [5, 5.41) is 2.70. The van der Waals surface area contributed by atoms with E-state index in [1.54, 1.807) is 6.92 Å². The van der Waals surface area contributed by atoms with Gasteiger partial charge in [-0.05, 0) is 62.2 Å². The van der Waals surface area contributed by atoms with Crippen molar-refractivity contribution in [1.29, 1.82) is 0 Å². The molecule has 2 aromatic rings. The van der Waals surface area contributed by atoms with Gasteiger partial charge in [-0.25, -0.2) is 21.1 Å². The fourth-order valence-corrected chi connectivity index (χ4v) is 5.93. The van der Waals surface area contributed by atoms with Gasteiger partial charge in [0.2, 0.25) is 20.0 Å². The Morgan fingerprint density at radius 3 is 2.15 bits per heavy atom. The fraction of sp³-hybridized carbons (Fsp3) is 0.409. The predicted molar refractivity (Wildman–Crippen MR) is 125 cm³/mol. The van der Waals surface area contributed by atoms with E-state index >= 15 is 0 Å². The van der Waals surface area contributed by atoms with E-state index in [9.17, 15) is 21.6 Å². The highest BCUT2D eigenvalue weighted by atomic mass is 32.2. The van der Waals surface area contributed by atoms with Crippen molar-refractivity contribution in [2.24, 2.45) is 0 Å². The fourth-order valence-electron chi connectivity index (χ4n) is 3.49. The van der Waals surface area contributed by atoms with Crippen molar-refractivity contribution >= 4 is 31.6 Å². The molecule has 1 saturated heterocycles. The molecule has 1 heterocycles. The number of hydrogen-bond acceptors (Lipinski definition) is 6. The van der Waals surface area contributed by atoms with E-state index in [2.05, 4.69) is 5.32 Å². The van der Waals surface area contributed by atoms with Crippen molar-refractivity contribution in [2.45, 2.75) is 36.0 Å². The summed E-state index contributed by atoms with van der Waals surface area (Å²) in [6.45, 7) is 3.06. The van der Waals surface area contributed by atoms with Crippen molar-refractivity contribution in [3.63, 3.8) is 0 Å². The van der Waals surface area contributed by atoms with Crippen molar-refractivity contribution in [1.82, 2.24) is 8.61 Å². The van der Waals surface area contributed by atoms with Crippen molar-refractivity contribution in [2.75, 3.05) is 39.1 Å². The van der Waals surface area contributed by atoms with Crippen LogP contribution in [0, 0.1) is 0 Å². The molecular formula is C22H29N3O6S2. The Balaban J connectivity index is 1.88. The molecular weight excluding hydrogens is 466 g/mol. The Kier molecular flexibility index (Phi) is 7.78. The lowest BCUT2D eigenvalue weighted by Crippen LogP contribution is -2.35. The van der Waals surface area contributed by atoms with Crippen LogP contribution in [-0.4, -0.2) is 65.1 Å². The van der Waals surface area contributed by atoms with Crippen LogP contribution >= 0.6 is 0 Å². The number of benzene rings is 2. The van der Waals surface area contributed by atoms with Gasteiger partial charge in [0.1, 0.15) is 5.75 Å². The van der Waals surface area contributed by atoms with Gasteiger partial charge in [0.05, 0.1) is 22.1 Å². The molecule has 0 spiro atoms. The second kappa shape index (κ2) is 10.2. The number of ether oxygens (including phenoxy) is 1. The minimum absolute atomic E-state index is 0.0636. The van der Waals surface area contributed by atoms with Gasteiger partial charge in [-0.15, -0.1) is 0 Å². The lowest BCUT2D eigenvalue weighted by molar-refractivity contribution is 0.102. The summed E-state index contributed by atoms with van der Waals surface area (Å²) in [6, 6.07) is 9.92. The number of nitrogens with one attached hydrogen (secondary N) is 1. The lowest BCUT2D eigenvalue weighted by atomic mass is 10.2. The topological polar surface area (TPSA) is 113 Å². The zero-order valence-corrected chi connectivity index (χ0v) is 20.6. The van der Waals surface area contributed by atoms with Crippen LogP contribution in [-0.2, 0) is 20.0 Å². The highest BCUT2D eigenvalue weighted by molar-refractivity contribution is 7.89. The first-order chi connectivity index (χ1) is 15.6. The molecule has 1 fully saturated rings. The first-order valence-electron chi connectivity index (χ1n) is 10.7. The van der Waals surface area contributed by atoms with Gasteiger partial charge in [0, 0.05) is 32.7 Å². The van der Waals surface area contributed by atoms with Gasteiger partial charge in [0.15, 0.2) is 0 Å². The summed E-state index contributed by atoms with van der Waals surface area (Å²) in [5.74, 6) is -0.174. The van der Waals surface area contributed by atoms with E-state index in [1.165, 1.54) is 60.9 Å². The molecule has 0 radical (unpaired) electrons. The van der Waals surface area contributed by atoms with Gasteiger partial charge in [-0.1, -0.05) is 6.42 Å². The molecule has 0 unspecified atom stereocenters. The van der Waals surface area contributed by atoms with Crippen molar-refractivity contribution < 1.29 is 26.4 Å². The molecule has 180 valence electrons. The third-order valence-electron chi connectivity index (χ3n) is 5.35. The Morgan fingerprint density at radius 2 is 1.58 bits per heavy atom. The van der Waals surface area contributed by atoms with Gasteiger partial charge in [0.25, 0.3) is 5.91 Å². The van der Waals surface area contributed by atoms with Crippen LogP contribution < -0.4 is 10.1 Å². The molecule has 3 rings (SSSR count). The van der Waals surface area contributed by atoms with Gasteiger partial charge in [-0.3, -0.25) is 4.79 Å². The number of nitrogens with zero attached hydrogens (tertiary/aromatic N) is 2. The molecule has 1 aliphatic heterocycles. The lowest BCUT2D eigenvalue weighted by Gasteiger charge is -2.26. The van der Waals surface area contributed by atoms with E-state index in [0.29, 0.717) is 25.4 Å². The average molecular weight is 496 g/mol. The molecule has 2 aromatic carbocycles. The normalized spacial score (nSPS) is 15.4. The van der Waals surface area contributed by atoms with Crippen LogP contribution in [0.1, 0.15) is 36.5 Å². The summed E-state index contributed by atoms with van der Waals surface area (Å²) >= 11 is 0. The molecule has 33 heavy (non-hydrogen) atoms. The molecule has 1 amide bonds. The van der Waals surface area contributed by atoms with Crippen LogP contribution in [0.4, 0.5) is 5.69 Å². The highest BCUT2D eigenvalue weighted by Gasteiger charge is 2.27. The zero-order valence-electron chi connectivity index (χ0n) is 18.9. The van der Waals surface area contributed by atoms with Crippen LogP contribution in [0.2, 0.25) is 0 Å². The Labute approximate surface area is 195 Å². The van der Waals surface area contributed by atoms with Gasteiger partial charge < -0.3 is 10.1 Å². The molecule has 1 aliphatic rings. The Morgan fingerprint density at radius 1 is 0.970 bits per heavy atom. The largest absolute Gasteiger partial charge is 0.492 e. The smallest absolute Gasteiger partial charge is 0.255 e. The minimum Gasteiger partial charge on any atom is -0.492 e. The predicted octanol–water partition coefficient (Wildman–Crippen LogP) is 2.76. The number of amides is 1. The summed E-state index contributed by atoms with van der Waals surface area (Å²) in [5.41, 5.74) is 0.448. The second-order valence-electron chi connectivity index (χ2n) is 7.82. The summed E-state index contributed by atoms with van der Waals surface area (Å²) < 4.78 is 58.7. The minimum atomic E-state index is -3.69. The van der Waals surface area contributed by atoms with E-state index in [4.69, 9.17) is 4.74 Å². The molecule has 9 nitrogen and oxygen atoms in total. The average Bonchev–Trinajstić information content (AvgIpc) is 2.80. The molecule has 0 atom stereocenters. The zero-order chi connectivity index (χ0) is 24.2. The summed E-state index contributed by atoms with van der Waals surface area (Å²) in [4.78, 5) is 13.0. The Hall–Kier alpha value is -2.47. The molecule has 1 N–H and O–H groups in total. The molecule has 0 aliphatic carbocycles. The third-order valence-corrected chi connectivity index (χ3v) is 9.07. The number of rotatable bonds is 8. The Bertz CT molecular complexity index is 1200. The quantitative estimate of drug-likeness (QED) is 0.603. The third kappa shape index (κ3) is 5.55.